The number of thioether (sulfide) groups is 1. The van der Waals surface area contributed by atoms with E-state index in [9.17, 15) is 38.2 Å². The van der Waals surface area contributed by atoms with Crippen molar-refractivity contribution >= 4 is 41.1 Å². The first-order valence-corrected chi connectivity index (χ1v) is 15.5. The Balaban J connectivity index is 1.38. The standard InChI is InChI=1S/C33H35F2N3O7S/c1-19(2)33(3,32(43)44)37-27(40)16-36-28(41)17-45-25-14-6-21(7-15-25)29-30(31(42)38(29)24-12-10-23(35)11-13-24)46-18-26(39)20-4-8-22(34)9-5-20/h4-15,19,26,29-30,39H,16-18H2,1-3H3,(H,36,41)(H,37,40)(H,43,44)/t26?,29?,30?,33-/m1/s1. The van der Waals surface area contributed by atoms with Gasteiger partial charge in [0.15, 0.2) is 6.61 Å². The number of aliphatic hydroxyl groups excluding tert-OH is 1. The van der Waals surface area contributed by atoms with Crippen molar-refractivity contribution in [2.45, 2.75) is 43.7 Å². The Kier molecular flexibility index (Phi) is 11.0. The smallest absolute Gasteiger partial charge is 0.329 e. The van der Waals surface area contributed by atoms with Crippen LogP contribution >= 0.6 is 11.8 Å². The zero-order valence-corrected chi connectivity index (χ0v) is 26.2. The predicted molar refractivity (Wildman–Crippen MR) is 168 cm³/mol. The number of benzene rings is 3. The van der Waals surface area contributed by atoms with E-state index in [1.807, 2.05) is 0 Å². The molecular formula is C33H35F2N3O7S. The van der Waals surface area contributed by atoms with Gasteiger partial charge < -0.3 is 30.5 Å². The van der Waals surface area contributed by atoms with E-state index in [2.05, 4.69) is 10.6 Å². The van der Waals surface area contributed by atoms with E-state index in [-0.39, 0.29) is 11.7 Å². The van der Waals surface area contributed by atoms with Gasteiger partial charge in [-0.2, -0.15) is 0 Å². The average Bonchev–Trinajstić information content (AvgIpc) is 3.02. The number of aliphatic carboxylic acids is 1. The SMILES string of the molecule is CC(C)[C@@](C)(NC(=O)CNC(=O)COc1ccc(C2C(SCC(O)c3ccc(F)cc3)C(=O)N2c2ccc(F)cc2)cc1)C(=O)O. The zero-order chi connectivity index (χ0) is 33.6. The van der Waals surface area contributed by atoms with Crippen molar-refractivity contribution in [3.8, 4) is 5.75 Å². The highest BCUT2D eigenvalue weighted by Crippen LogP contribution is 2.46. The molecule has 10 nitrogen and oxygen atoms in total. The maximum absolute atomic E-state index is 13.6. The molecule has 3 amide bonds. The Labute approximate surface area is 269 Å². The van der Waals surface area contributed by atoms with Gasteiger partial charge in [-0.25, -0.2) is 13.6 Å². The van der Waals surface area contributed by atoms with Crippen LogP contribution in [-0.4, -0.2) is 63.6 Å². The molecule has 0 aromatic heterocycles. The highest BCUT2D eigenvalue weighted by atomic mass is 32.2. The molecule has 0 spiro atoms. The molecule has 3 aromatic carbocycles. The van der Waals surface area contributed by atoms with Gasteiger partial charge in [0.2, 0.25) is 11.8 Å². The number of anilines is 1. The molecule has 13 heteroatoms. The predicted octanol–water partition coefficient (Wildman–Crippen LogP) is 4.00. The van der Waals surface area contributed by atoms with Crippen LogP contribution in [0.25, 0.3) is 0 Å². The van der Waals surface area contributed by atoms with Crippen LogP contribution in [-0.2, 0) is 19.2 Å². The third kappa shape index (κ3) is 8.01. The van der Waals surface area contributed by atoms with Crippen molar-refractivity contribution in [2.24, 2.45) is 5.92 Å². The quantitative estimate of drug-likeness (QED) is 0.191. The number of carboxylic acid groups (broad SMARTS) is 1. The van der Waals surface area contributed by atoms with Gasteiger partial charge in [0.25, 0.3) is 5.91 Å². The number of β-lactam (4-membered cyclic amide) rings is 1. The van der Waals surface area contributed by atoms with E-state index >= 15 is 0 Å². The molecular weight excluding hydrogens is 620 g/mol. The third-order valence-electron chi connectivity index (χ3n) is 7.87. The Morgan fingerprint density at radius 3 is 2.11 bits per heavy atom. The maximum atomic E-state index is 13.6. The summed E-state index contributed by atoms with van der Waals surface area (Å²) >= 11 is 1.26. The molecule has 1 aliphatic rings. The maximum Gasteiger partial charge on any atom is 0.329 e. The lowest BCUT2D eigenvalue weighted by Crippen LogP contribution is -2.57. The first-order chi connectivity index (χ1) is 21.8. The van der Waals surface area contributed by atoms with Gasteiger partial charge in [0.1, 0.15) is 28.2 Å². The molecule has 46 heavy (non-hydrogen) atoms. The molecule has 0 radical (unpaired) electrons. The van der Waals surface area contributed by atoms with E-state index < -0.39 is 71.4 Å². The molecule has 1 fully saturated rings. The fraction of sp³-hybridized carbons (Fsp3) is 0.333. The number of aliphatic hydroxyl groups is 1. The molecule has 1 aliphatic heterocycles. The van der Waals surface area contributed by atoms with Crippen LogP contribution in [0.4, 0.5) is 14.5 Å². The first kappa shape index (κ1) is 34.4. The average molecular weight is 656 g/mol. The van der Waals surface area contributed by atoms with Crippen molar-refractivity contribution in [1.82, 2.24) is 10.6 Å². The topological polar surface area (TPSA) is 145 Å². The van der Waals surface area contributed by atoms with Crippen molar-refractivity contribution < 1.29 is 42.9 Å². The third-order valence-corrected chi connectivity index (χ3v) is 9.20. The molecule has 0 saturated carbocycles. The summed E-state index contributed by atoms with van der Waals surface area (Å²) in [6, 6.07) is 17.3. The molecule has 4 rings (SSSR count). The van der Waals surface area contributed by atoms with Crippen molar-refractivity contribution in [3.63, 3.8) is 0 Å². The van der Waals surface area contributed by atoms with Crippen molar-refractivity contribution in [2.75, 3.05) is 23.8 Å². The number of nitrogens with zero attached hydrogens (tertiary/aromatic N) is 1. The van der Waals surface area contributed by atoms with E-state index in [1.165, 1.54) is 67.2 Å². The van der Waals surface area contributed by atoms with Gasteiger partial charge in [0, 0.05) is 11.4 Å². The van der Waals surface area contributed by atoms with Crippen LogP contribution in [0.1, 0.15) is 44.0 Å². The number of carboxylic acids is 1. The van der Waals surface area contributed by atoms with Gasteiger partial charge in [-0.15, -0.1) is 11.8 Å². The van der Waals surface area contributed by atoms with E-state index in [0.717, 1.165) is 5.56 Å². The van der Waals surface area contributed by atoms with Gasteiger partial charge >= 0.3 is 5.97 Å². The highest BCUT2D eigenvalue weighted by molar-refractivity contribution is 8.00. The molecule has 3 aromatic rings. The second kappa shape index (κ2) is 14.7. The second-order valence-electron chi connectivity index (χ2n) is 11.3. The number of carbonyl (C=O) groups is 4. The van der Waals surface area contributed by atoms with E-state index in [4.69, 9.17) is 4.74 Å². The molecule has 0 bridgehead atoms. The minimum absolute atomic E-state index is 0.178. The summed E-state index contributed by atoms with van der Waals surface area (Å²) < 4.78 is 32.5. The van der Waals surface area contributed by atoms with Crippen LogP contribution in [0, 0.1) is 17.6 Å². The lowest BCUT2D eigenvalue weighted by atomic mass is 9.88. The van der Waals surface area contributed by atoms with Crippen LogP contribution in [0.2, 0.25) is 0 Å². The summed E-state index contributed by atoms with van der Waals surface area (Å²) in [6.45, 7) is 3.88. The number of amides is 3. The number of hydrogen-bond acceptors (Lipinski definition) is 7. The van der Waals surface area contributed by atoms with Crippen molar-refractivity contribution in [3.05, 3.63) is 95.6 Å². The fourth-order valence-electron chi connectivity index (χ4n) is 4.73. The Hall–Kier alpha value is -4.49. The number of rotatable bonds is 14. The van der Waals surface area contributed by atoms with Gasteiger partial charge in [-0.1, -0.05) is 38.1 Å². The molecule has 4 atom stereocenters. The number of carbonyl (C=O) groups excluding carboxylic acids is 3. The lowest BCUT2D eigenvalue weighted by molar-refractivity contribution is -0.148. The second-order valence-corrected chi connectivity index (χ2v) is 12.5. The van der Waals surface area contributed by atoms with Gasteiger partial charge in [-0.3, -0.25) is 14.4 Å². The van der Waals surface area contributed by atoms with Crippen LogP contribution in [0.3, 0.4) is 0 Å². The Morgan fingerprint density at radius 1 is 0.957 bits per heavy atom. The van der Waals surface area contributed by atoms with E-state index in [0.29, 0.717) is 17.0 Å². The molecule has 244 valence electrons. The number of halogens is 2. The first-order valence-electron chi connectivity index (χ1n) is 14.5. The number of nitrogens with one attached hydrogen (secondary N) is 2. The normalized spacial score (nSPS) is 17.9. The Morgan fingerprint density at radius 2 is 1.54 bits per heavy atom. The number of ether oxygens (including phenoxy) is 1. The summed E-state index contributed by atoms with van der Waals surface area (Å²) in [7, 11) is 0. The summed E-state index contributed by atoms with van der Waals surface area (Å²) in [5, 5.41) is 24.3. The lowest BCUT2D eigenvalue weighted by Gasteiger charge is -2.47. The van der Waals surface area contributed by atoms with Gasteiger partial charge in [0.05, 0.1) is 18.7 Å². The molecule has 3 unspecified atom stereocenters. The van der Waals surface area contributed by atoms with Crippen LogP contribution in [0.5, 0.6) is 5.75 Å². The van der Waals surface area contributed by atoms with Gasteiger partial charge in [-0.05, 0) is 72.5 Å². The minimum atomic E-state index is -1.49. The zero-order valence-electron chi connectivity index (χ0n) is 25.4. The summed E-state index contributed by atoms with van der Waals surface area (Å²) in [5.41, 5.74) is 0.272. The Bertz CT molecular complexity index is 1550. The summed E-state index contributed by atoms with van der Waals surface area (Å²) in [5.74, 6) is -3.39. The fourth-order valence-corrected chi connectivity index (χ4v) is 6.03. The molecule has 1 saturated heterocycles. The largest absolute Gasteiger partial charge is 0.484 e. The minimum Gasteiger partial charge on any atom is -0.484 e. The van der Waals surface area contributed by atoms with Crippen molar-refractivity contribution in [1.29, 1.82) is 0 Å². The number of hydrogen-bond donors (Lipinski definition) is 4. The molecule has 0 aliphatic carbocycles. The van der Waals surface area contributed by atoms with E-state index in [1.54, 1.807) is 43.0 Å². The monoisotopic (exact) mass is 655 g/mol. The molecule has 1 heterocycles. The van der Waals surface area contributed by atoms with Crippen LogP contribution in [0.15, 0.2) is 72.8 Å². The highest BCUT2D eigenvalue weighted by Gasteiger charge is 2.49. The summed E-state index contributed by atoms with van der Waals surface area (Å²) in [6.07, 6.45) is -0.927. The van der Waals surface area contributed by atoms with Crippen LogP contribution < -0.4 is 20.3 Å². The molecule has 4 N–H and O–H groups in total. The summed E-state index contributed by atoms with van der Waals surface area (Å²) in [4.78, 5) is 50.9.